The maximum absolute atomic E-state index is 5.17. The maximum atomic E-state index is 5.17. The molecule has 0 aromatic rings. The normalized spacial score (nSPS) is 13.2. The molecule has 4 N–H and O–H groups in total. The topological polar surface area (TPSA) is 64.4 Å². The number of hydrogen-bond donors (Lipinski definition) is 2. The second kappa shape index (κ2) is 4.14. The smallest absolute Gasteiger partial charge is 0.185 e. The third-order valence-corrected chi connectivity index (χ3v) is 1.70. The fourth-order valence-corrected chi connectivity index (χ4v) is 0.460. The first kappa shape index (κ1) is 9.27. The number of guanidine groups is 1. The van der Waals surface area contributed by atoms with Gasteiger partial charge in [0.25, 0.3) is 0 Å². The van der Waals surface area contributed by atoms with Gasteiger partial charge in [-0.25, -0.2) is 0 Å². The quantitative estimate of drug-likeness (QED) is 0.447. The molecule has 0 fully saturated rings. The van der Waals surface area contributed by atoms with Gasteiger partial charge in [0.05, 0.1) is 0 Å². The molecule has 0 saturated carbocycles. The van der Waals surface area contributed by atoms with Gasteiger partial charge in [0, 0.05) is 6.54 Å². The molecule has 3 nitrogen and oxygen atoms in total. The Morgan fingerprint density at radius 1 is 1.30 bits per heavy atom. The summed E-state index contributed by atoms with van der Waals surface area (Å²) in [7, 11) is 0. The summed E-state index contributed by atoms with van der Waals surface area (Å²) >= 11 is 0. The molecule has 10 heavy (non-hydrogen) atoms. The van der Waals surface area contributed by atoms with E-state index < -0.39 is 0 Å². The van der Waals surface area contributed by atoms with Crippen LogP contribution in [0.1, 0.15) is 20.8 Å². The van der Waals surface area contributed by atoms with Gasteiger partial charge in [-0.1, -0.05) is 20.8 Å². The van der Waals surface area contributed by atoms with Crippen molar-refractivity contribution in [3.8, 4) is 0 Å². The maximum Gasteiger partial charge on any atom is 0.185 e. The van der Waals surface area contributed by atoms with Crippen LogP contribution in [0.3, 0.4) is 0 Å². The van der Waals surface area contributed by atoms with E-state index in [2.05, 4.69) is 25.8 Å². The van der Waals surface area contributed by atoms with Crippen LogP contribution in [-0.2, 0) is 0 Å². The van der Waals surface area contributed by atoms with E-state index in [4.69, 9.17) is 11.5 Å². The first-order valence-electron chi connectivity index (χ1n) is 3.59. The van der Waals surface area contributed by atoms with Crippen LogP contribution in [0.4, 0.5) is 0 Å². The monoisotopic (exact) mass is 143 g/mol. The molecule has 1 atom stereocenters. The summed E-state index contributed by atoms with van der Waals surface area (Å²) < 4.78 is 0. The summed E-state index contributed by atoms with van der Waals surface area (Å²) in [6.07, 6.45) is 0. The molecular formula is C7H17N3. The van der Waals surface area contributed by atoms with Crippen LogP contribution in [0.5, 0.6) is 0 Å². The Balaban J connectivity index is 3.59. The highest BCUT2D eigenvalue weighted by Gasteiger charge is 2.04. The SMILES string of the molecule is CC(C)C(C)CN=C(N)N. The van der Waals surface area contributed by atoms with Crippen LogP contribution in [0.15, 0.2) is 4.99 Å². The van der Waals surface area contributed by atoms with Crippen molar-refractivity contribution in [2.24, 2.45) is 28.3 Å². The van der Waals surface area contributed by atoms with Crippen molar-refractivity contribution in [3.05, 3.63) is 0 Å². The van der Waals surface area contributed by atoms with Crippen molar-refractivity contribution in [1.82, 2.24) is 0 Å². The third-order valence-electron chi connectivity index (χ3n) is 1.70. The van der Waals surface area contributed by atoms with E-state index in [1.54, 1.807) is 0 Å². The minimum atomic E-state index is 0.188. The van der Waals surface area contributed by atoms with E-state index in [0.29, 0.717) is 11.8 Å². The van der Waals surface area contributed by atoms with Gasteiger partial charge < -0.3 is 11.5 Å². The van der Waals surface area contributed by atoms with Crippen molar-refractivity contribution >= 4 is 5.96 Å². The number of nitrogens with two attached hydrogens (primary N) is 2. The fourth-order valence-electron chi connectivity index (χ4n) is 0.460. The number of hydrogen-bond acceptors (Lipinski definition) is 1. The molecule has 0 aliphatic heterocycles. The summed E-state index contributed by atoms with van der Waals surface area (Å²) in [5.74, 6) is 1.39. The molecule has 0 aromatic heterocycles. The van der Waals surface area contributed by atoms with Crippen molar-refractivity contribution in [1.29, 1.82) is 0 Å². The Morgan fingerprint density at radius 3 is 2.10 bits per heavy atom. The Kier molecular flexibility index (Phi) is 3.84. The zero-order chi connectivity index (χ0) is 8.15. The van der Waals surface area contributed by atoms with E-state index >= 15 is 0 Å². The standard InChI is InChI=1S/C7H17N3/c1-5(2)6(3)4-10-7(8)9/h5-6H,4H2,1-3H3,(H4,8,9,10). The summed E-state index contributed by atoms with van der Waals surface area (Å²) in [6.45, 7) is 7.19. The second-order valence-corrected chi connectivity index (χ2v) is 2.99. The van der Waals surface area contributed by atoms with E-state index in [1.807, 2.05) is 0 Å². The average molecular weight is 143 g/mol. The second-order valence-electron chi connectivity index (χ2n) is 2.99. The first-order chi connectivity index (χ1) is 4.54. The number of rotatable bonds is 3. The minimum Gasteiger partial charge on any atom is -0.370 e. The first-order valence-corrected chi connectivity index (χ1v) is 3.59. The van der Waals surface area contributed by atoms with E-state index in [0.717, 1.165) is 6.54 Å². The lowest BCUT2D eigenvalue weighted by atomic mass is 9.99. The van der Waals surface area contributed by atoms with Gasteiger partial charge in [-0.15, -0.1) is 0 Å². The van der Waals surface area contributed by atoms with Crippen molar-refractivity contribution < 1.29 is 0 Å². The molecule has 0 amide bonds. The Bertz CT molecular complexity index is 114. The molecule has 0 aliphatic carbocycles. The molecule has 0 bridgehead atoms. The Hall–Kier alpha value is -0.730. The Labute approximate surface area is 62.5 Å². The molecule has 1 unspecified atom stereocenters. The molecule has 0 aromatic carbocycles. The zero-order valence-electron chi connectivity index (χ0n) is 6.96. The predicted molar refractivity (Wildman–Crippen MR) is 44.7 cm³/mol. The van der Waals surface area contributed by atoms with Gasteiger partial charge in [0.2, 0.25) is 0 Å². The molecule has 0 spiro atoms. The van der Waals surface area contributed by atoms with Crippen LogP contribution in [0.2, 0.25) is 0 Å². The zero-order valence-corrected chi connectivity index (χ0v) is 6.96. The van der Waals surface area contributed by atoms with Crippen molar-refractivity contribution in [2.45, 2.75) is 20.8 Å². The summed E-state index contributed by atoms with van der Waals surface area (Å²) in [5, 5.41) is 0. The molecular weight excluding hydrogens is 126 g/mol. The average Bonchev–Trinajstić information content (AvgIpc) is 1.82. The summed E-state index contributed by atoms with van der Waals surface area (Å²) in [5.41, 5.74) is 10.3. The molecule has 0 aliphatic rings. The molecule has 0 radical (unpaired) electrons. The van der Waals surface area contributed by atoms with Crippen LogP contribution >= 0.6 is 0 Å². The van der Waals surface area contributed by atoms with E-state index in [-0.39, 0.29) is 5.96 Å². The summed E-state index contributed by atoms with van der Waals surface area (Å²) in [4.78, 5) is 3.92. The van der Waals surface area contributed by atoms with Gasteiger partial charge in [0.15, 0.2) is 5.96 Å². The highest BCUT2D eigenvalue weighted by molar-refractivity contribution is 5.75. The van der Waals surface area contributed by atoms with Crippen molar-refractivity contribution in [2.75, 3.05) is 6.54 Å². The lowest BCUT2D eigenvalue weighted by molar-refractivity contribution is 0.430. The van der Waals surface area contributed by atoms with E-state index in [9.17, 15) is 0 Å². The van der Waals surface area contributed by atoms with Crippen LogP contribution in [0, 0.1) is 11.8 Å². The van der Waals surface area contributed by atoms with Gasteiger partial charge in [-0.2, -0.15) is 0 Å². The van der Waals surface area contributed by atoms with Crippen molar-refractivity contribution in [3.63, 3.8) is 0 Å². The Morgan fingerprint density at radius 2 is 1.80 bits per heavy atom. The number of nitrogens with zero attached hydrogens (tertiary/aromatic N) is 1. The van der Waals surface area contributed by atoms with Crippen LogP contribution in [0.25, 0.3) is 0 Å². The highest BCUT2D eigenvalue weighted by Crippen LogP contribution is 2.08. The molecule has 3 heteroatoms. The number of aliphatic imine (C=N–C) groups is 1. The summed E-state index contributed by atoms with van der Waals surface area (Å²) in [6, 6.07) is 0. The van der Waals surface area contributed by atoms with Gasteiger partial charge in [-0.3, -0.25) is 4.99 Å². The van der Waals surface area contributed by atoms with Gasteiger partial charge in [-0.05, 0) is 11.8 Å². The fraction of sp³-hybridized carbons (Fsp3) is 0.857. The lowest BCUT2D eigenvalue weighted by Crippen LogP contribution is -2.24. The van der Waals surface area contributed by atoms with Gasteiger partial charge in [0.1, 0.15) is 0 Å². The largest absolute Gasteiger partial charge is 0.370 e. The van der Waals surface area contributed by atoms with E-state index in [1.165, 1.54) is 0 Å². The molecule has 0 rings (SSSR count). The predicted octanol–water partition coefficient (Wildman–Crippen LogP) is 0.552. The lowest BCUT2D eigenvalue weighted by Gasteiger charge is -2.11. The van der Waals surface area contributed by atoms with Crippen LogP contribution in [-0.4, -0.2) is 12.5 Å². The third kappa shape index (κ3) is 4.18. The molecule has 0 heterocycles. The van der Waals surface area contributed by atoms with Gasteiger partial charge >= 0.3 is 0 Å². The molecule has 0 saturated heterocycles. The highest BCUT2D eigenvalue weighted by atomic mass is 15.0. The van der Waals surface area contributed by atoms with Crippen LogP contribution < -0.4 is 11.5 Å². The molecule has 60 valence electrons. The minimum absolute atomic E-state index is 0.188.